The zero-order chi connectivity index (χ0) is 23.3. The van der Waals surface area contributed by atoms with Crippen LogP contribution in [-0.2, 0) is 12.8 Å². The number of aromatic nitrogens is 2. The van der Waals surface area contributed by atoms with Gasteiger partial charge in [0, 0.05) is 12.6 Å². The van der Waals surface area contributed by atoms with Crippen molar-refractivity contribution < 1.29 is 4.39 Å². The third kappa shape index (κ3) is 8.83. The number of halogens is 1. The number of aryl methyl sites for hydroxylation is 2. The first-order chi connectivity index (χ1) is 16.2. The Bertz CT molecular complexity index is 793. The van der Waals surface area contributed by atoms with Crippen molar-refractivity contribution >= 4 is 0 Å². The zero-order valence-electron chi connectivity index (χ0n) is 21.1. The van der Waals surface area contributed by atoms with Crippen LogP contribution < -0.4 is 0 Å². The molecule has 2 nitrogen and oxygen atoms in total. The van der Waals surface area contributed by atoms with Gasteiger partial charge < -0.3 is 0 Å². The van der Waals surface area contributed by atoms with Crippen molar-refractivity contribution in [2.24, 2.45) is 11.8 Å². The van der Waals surface area contributed by atoms with E-state index in [0.717, 1.165) is 36.7 Å². The molecule has 0 unspecified atom stereocenters. The van der Waals surface area contributed by atoms with Gasteiger partial charge in [-0.3, -0.25) is 0 Å². The van der Waals surface area contributed by atoms with E-state index in [0.29, 0.717) is 11.4 Å². The highest BCUT2D eigenvalue weighted by Crippen LogP contribution is 2.34. The Kier molecular flexibility index (Phi) is 11.3. The molecule has 0 bridgehead atoms. The van der Waals surface area contributed by atoms with E-state index in [1.807, 2.05) is 12.1 Å². The fourth-order valence-electron chi connectivity index (χ4n) is 5.39. The maximum absolute atomic E-state index is 14.7. The molecule has 1 heterocycles. The lowest BCUT2D eigenvalue weighted by Gasteiger charge is -2.28. The molecule has 0 spiro atoms. The van der Waals surface area contributed by atoms with E-state index in [9.17, 15) is 4.39 Å². The fraction of sp³-hybridized carbons (Fsp3) is 0.667. The summed E-state index contributed by atoms with van der Waals surface area (Å²) in [6, 6.07) is 8.38. The normalized spacial score (nSPS) is 18.5. The van der Waals surface area contributed by atoms with Crippen molar-refractivity contribution in [3.8, 4) is 11.1 Å². The average Bonchev–Trinajstić information content (AvgIpc) is 2.84. The Balaban J connectivity index is 1.42. The first kappa shape index (κ1) is 25.8. The number of unbranched alkanes of at least 4 members (excludes halogenated alkanes) is 6. The van der Waals surface area contributed by atoms with E-state index >= 15 is 0 Å². The first-order valence-corrected chi connectivity index (χ1v) is 13.8. The quantitative estimate of drug-likeness (QED) is 0.211. The molecule has 0 atom stereocenters. The van der Waals surface area contributed by atoms with Crippen LogP contribution in [0.1, 0.15) is 115 Å². The number of rotatable bonds is 14. The predicted molar refractivity (Wildman–Crippen MR) is 138 cm³/mol. The molecule has 0 N–H and O–H groups in total. The fourth-order valence-corrected chi connectivity index (χ4v) is 5.39. The lowest BCUT2D eigenvalue weighted by molar-refractivity contribution is 0.252. The van der Waals surface area contributed by atoms with Gasteiger partial charge in [0.1, 0.15) is 5.82 Å². The molecule has 3 rings (SSSR count). The van der Waals surface area contributed by atoms with Crippen LogP contribution in [0.25, 0.3) is 11.1 Å². The highest BCUT2D eigenvalue weighted by molar-refractivity contribution is 5.62. The molecule has 1 fully saturated rings. The third-order valence-electron chi connectivity index (χ3n) is 7.57. The van der Waals surface area contributed by atoms with Crippen LogP contribution in [0.3, 0.4) is 0 Å². The number of hydrogen-bond donors (Lipinski definition) is 0. The summed E-state index contributed by atoms with van der Waals surface area (Å²) < 4.78 is 14.7. The Hall–Kier alpha value is -1.77. The molecular weight excluding hydrogens is 407 g/mol. The lowest BCUT2D eigenvalue weighted by Crippen LogP contribution is -2.15. The largest absolute Gasteiger partial charge is 0.241 e. The van der Waals surface area contributed by atoms with Gasteiger partial charge >= 0.3 is 0 Å². The molecule has 1 aliphatic carbocycles. The second-order valence-electron chi connectivity index (χ2n) is 10.3. The summed E-state index contributed by atoms with van der Waals surface area (Å²) in [5.41, 5.74) is 2.74. The van der Waals surface area contributed by atoms with Crippen molar-refractivity contribution in [1.29, 1.82) is 0 Å². The number of nitrogens with zero attached hydrogens (tertiary/aromatic N) is 2. The lowest BCUT2D eigenvalue weighted by atomic mass is 9.78. The molecule has 0 amide bonds. The first-order valence-electron chi connectivity index (χ1n) is 13.8. The summed E-state index contributed by atoms with van der Waals surface area (Å²) >= 11 is 0. The van der Waals surface area contributed by atoms with E-state index in [2.05, 4.69) is 35.9 Å². The van der Waals surface area contributed by atoms with Crippen LogP contribution in [0.2, 0.25) is 0 Å². The van der Waals surface area contributed by atoms with E-state index in [-0.39, 0.29) is 5.95 Å². The summed E-state index contributed by atoms with van der Waals surface area (Å²) in [4.78, 5) is 8.61. The van der Waals surface area contributed by atoms with Crippen molar-refractivity contribution in [1.82, 2.24) is 9.97 Å². The summed E-state index contributed by atoms with van der Waals surface area (Å²) in [5.74, 6) is 2.10. The Morgan fingerprint density at radius 2 is 1.39 bits per heavy atom. The Morgan fingerprint density at radius 1 is 0.758 bits per heavy atom. The van der Waals surface area contributed by atoms with E-state index < -0.39 is 0 Å². The van der Waals surface area contributed by atoms with Gasteiger partial charge in [-0.25, -0.2) is 9.97 Å². The summed E-state index contributed by atoms with van der Waals surface area (Å²) in [5, 5.41) is 0. The van der Waals surface area contributed by atoms with Gasteiger partial charge in [0.15, 0.2) is 0 Å². The highest BCUT2D eigenvalue weighted by Gasteiger charge is 2.20. The molecule has 2 aromatic rings. The maximum atomic E-state index is 14.7. The van der Waals surface area contributed by atoms with Crippen LogP contribution in [-0.4, -0.2) is 9.97 Å². The van der Waals surface area contributed by atoms with Crippen LogP contribution in [0.5, 0.6) is 0 Å². The summed E-state index contributed by atoms with van der Waals surface area (Å²) in [6.45, 7) is 4.55. The second-order valence-corrected chi connectivity index (χ2v) is 10.3. The summed E-state index contributed by atoms with van der Waals surface area (Å²) in [6.07, 6.45) is 21.9. The van der Waals surface area contributed by atoms with Crippen molar-refractivity contribution in [3.63, 3.8) is 0 Å². The SMILES string of the molecule is CCCCCCCCCc1ncc(-c2ccc(CC[C@H]3CC[C@H](CCC)CC3)cc2)c(F)n1. The van der Waals surface area contributed by atoms with Gasteiger partial charge in [-0.2, -0.15) is 4.39 Å². The summed E-state index contributed by atoms with van der Waals surface area (Å²) in [7, 11) is 0. The smallest absolute Gasteiger partial charge is 0.224 e. The molecule has 1 saturated carbocycles. The van der Waals surface area contributed by atoms with Gasteiger partial charge in [0.05, 0.1) is 5.56 Å². The molecule has 1 aromatic heterocycles. The van der Waals surface area contributed by atoms with E-state index in [1.165, 1.54) is 89.0 Å². The molecule has 0 saturated heterocycles. The molecule has 182 valence electrons. The second kappa shape index (κ2) is 14.5. The third-order valence-corrected chi connectivity index (χ3v) is 7.57. The van der Waals surface area contributed by atoms with Gasteiger partial charge in [0.25, 0.3) is 0 Å². The Labute approximate surface area is 201 Å². The number of hydrogen-bond acceptors (Lipinski definition) is 2. The minimum Gasteiger partial charge on any atom is -0.241 e. The van der Waals surface area contributed by atoms with Crippen molar-refractivity contribution in [2.75, 3.05) is 0 Å². The van der Waals surface area contributed by atoms with Crippen LogP contribution >= 0.6 is 0 Å². The molecule has 1 aliphatic rings. The minimum atomic E-state index is -0.389. The minimum absolute atomic E-state index is 0.389. The molecule has 33 heavy (non-hydrogen) atoms. The van der Waals surface area contributed by atoms with Crippen LogP contribution in [0.15, 0.2) is 30.5 Å². The topological polar surface area (TPSA) is 25.8 Å². The molecule has 1 aromatic carbocycles. The molecule has 0 radical (unpaired) electrons. The van der Waals surface area contributed by atoms with Gasteiger partial charge in [-0.05, 0) is 42.2 Å². The van der Waals surface area contributed by atoms with Gasteiger partial charge in [0.2, 0.25) is 5.95 Å². The van der Waals surface area contributed by atoms with E-state index in [4.69, 9.17) is 0 Å². The van der Waals surface area contributed by atoms with Crippen LogP contribution in [0.4, 0.5) is 4.39 Å². The average molecular weight is 453 g/mol. The van der Waals surface area contributed by atoms with Crippen molar-refractivity contribution in [2.45, 2.75) is 117 Å². The molecular formula is C30H45FN2. The van der Waals surface area contributed by atoms with Gasteiger partial charge in [-0.15, -0.1) is 0 Å². The molecule has 0 aliphatic heterocycles. The predicted octanol–water partition coefficient (Wildman–Crippen LogP) is 9.11. The highest BCUT2D eigenvalue weighted by atomic mass is 19.1. The zero-order valence-corrected chi connectivity index (χ0v) is 21.1. The van der Waals surface area contributed by atoms with Crippen LogP contribution in [0, 0.1) is 17.8 Å². The Morgan fingerprint density at radius 3 is 2.03 bits per heavy atom. The maximum Gasteiger partial charge on any atom is 0.224 e. The van der Waals surface area contributed by atoms with E-state index in [1.54, 1.807) is 6.20 Å². The molecule has 3 heteroatoms. The van der Waals surface area contributed by atoms with Gasteiger partial charge in [-0.1, -0.05) is 115 Å². The van der Waals surface area contributed by atoms with Crippen molar-refractivity contribution in [3.05, 3.63) is 47.8 Å². The standard InChI is InChI=1S/C30H45FN2/c1-3-5-6-7-8-9-10-12-29-32-23-28(30(31)33-29)27-21-19-26(20-22-27)18-17-25-15-13-24(11-4-2)14-16-25/h19-25H,3-18H2,1-2H3/t24-,25-. The monoisotopic (exact) mass is 452 g/mol. The number of benzene rings is 1.